The van der Waals surface area contributed by atoms with Crippen molar-refractivity contribution in [2.24, 2.45) is 18.2 Å². The number of nitrogens with zero attached hydrogens (tertiary/aromatic N) is 3. The molecule has 2 rings (SSSR count). The van der Waals surface area contributed by atoms with E-state index < -0.39 is 0 Å². The SMILES string of the molecule is Cc1nn(C)c(C)c1OCC(=O)N1CCC(N)C(C)(C)C1. The van der Waals surface area contributed by atoms with Gasteiger partial charge in [-0.1, -0.05) is 13.8 Å². The standard InChI is InChI=1S/C15H26N4O2/c1-10-14(11(2)18(5)17-10)21-8-13(20)19-7-6-12(16)15(3,4)9-19/h12H,6-9,16H2,1-5H3. The van der Waals surface area contributed by atoms with E-state index in [9.17, 15) is 4.79 Å². The van der Waals surface area contributed by atoms with Crippen molar-refractivity contribution in [3.05, 3.63) is 11.4 Å². The molecule has 2 heterocycles. The number of hydrogen-bond donors (Lipinski definition) is 1. The molecule has 1 amide bonds. The number of carbonyl (C=O) groups is 1. The van der Waals surface area contributed by atoms with Gasteiger partial charge in [0.2, 0.25) is 0 Å². The van der Waals surface area contributed by atoms with Crippen LogP contribution in [0.5, 0.6) is 5.75 Å². The Hall–Kier alpha value is -1.56. The van der Waals surface area contributed by atoms with Gasteiger partial charge in [-0.05, 0) is 25.7 Å². The molecular weight excluding hydrogens is 268 g/mol. The summed E-state index contributed by atoms with van der Waals surface area (Å²) in [5, 5.41) is 4.28. The molecule has 1 aliphatic rings. The van der Waals surface area contributed by atoms with Crippen molar-refractivity contribution in [3.63, 3.8) is 0 Å². The van der Waals surface area contributed by atoms with E-state index in [1.54, 1.807) is 4.68 Å². The molecule has 1 unspecified atom stereocenters. The molecule has 0 aliphatic carbocycles. The first-order valence-corrected chi connectivity index (χ1v) is 7.38. The van der Waals surface area contributed by atoms with Crippen LogP contribution in [0.1, 0.15) is 31.7 Å². The zero-order valence-corrected chi connectivity index (χ0v) is 13.6. The topological polar surface area (TPSA) is 73.4 Å². The van der Waals surface area contributed by atoms with Crippen LogP contribution in [0.15, 0.2) is 0 Å². The molecule has 1 aromatic rings. The first-order chi connectivity index (χ1) is 9.72. The molecule has 1 saturated heterocycles. The lowest BCUT2D eigenvalue weighted by Gasteiger charge is -2.42. The number of hydrogen-bond acceptors (Lipinski definition) is 4. The van der Waals surface area contributed by atoms with Crippen LogP contribution in [0.25, 0.3) is 0 Å². The van der Waals surface area contributed by atoms with E-state index in [1.807, 2.05) is 25.8 Å². The quantitative estimate of drug-likeness (QED) is 0.902. The van der Waals surface area contributed by atoms with Gasteiger partial charge in [-0.15, -0.1) is 0 Å². The minimum atomic E-state index is -0.0476. The summed E-state index contributed by atoms with van der Waals surface area (Å²) in [6.07, 6.45) is 0.837. The molecule has 2 N–H and O–H groups in total. The van der Waals surface area contributed by atoms with Crippen molar-refractivity contribution in [2.75, 3.05) is 19.7 Å². The Balaban J connectivity index is 1.96. The summed E-state index contributed by atoms with van der Waals surface area (Å²) in [5.41, 5.74) is 7.80. The van der Waals surface area contributed by atoms with E-state index in [0.717, 1.165) is 17.8 Å². The van der Waals surface area contributed by atoms with Crippen LogP contribution in [0.2, 0.25) is 0 Å². The van der Waals surface area contributed by atoms with Gasteiger partial charge in [0.1, 0.15) is 5.69 Å². The van der Waals surface area contributed by atoms with Gasteiger partial charge in [-0.25, -0.2) is 0 Å². The summed E-state index contributed by atoms with van der Waals surface area (Å²) in [6.45, 7) is 9.47. The summed E-state index contributed by atoms with van der Waals surface area (Å²) in [5.74, 6) is 0.719. The minimum absolute atomic E-state index is 0.0117. The highest BCUT2D eigenvalue weighted by atomic mass is 16.5. The second-order valence-corrected chi connectivity index (χ2v) is 6.61. The molecular formula is C15H26N4O2. The monoisotopic (exact) mass is 294 g/mol. The van der Waals surface area contributed by atoms with E-state index >= 15 is 0 Å². The number of aromatic nitrogens is 2. The van der Waals surface area contributed by atoms with Crippen LogP contribution in [-0.2, 0) is 11.8 Å². The van der Waals surface area contributed by atoms with E-state index in [4.69, 9.17) is 10.5 Å². The fourth-order valence-electron chi connectivity index (χ4n) is 2.78. The Bertz CT molecular complexity index is 536. The highest BCUT2D eigenvalue weighted by Crippen LogP contribution is 2.28. The predicted octanol–water partition coefficient (Wildman–Crippen LogP) is 1.00. The number of likely N-dealkylation sites (tertiary alicyclic amines) is 1. The third-order valence-electron chi connectivity index (χ3n) is 4.45. The van der Waals surface area contributed by atoms with Crippen LogP contribution in [-0.4, -0.2) is 46.3 Å². The van der Waals surface area contributed by atoms with Crippen LogP contribution < -0.4 is 10.5 Å². The van der Waals surface area contributed by atoms with E-state index in [-0.39, 0.29) is 24.0 Å². The molecule has 1 fully saturated rings. The maximum atomic E-state index is 12.3. The number of carbonyl (C=O) groups excluding carboxylic acids is 1. The Labute approximate surface area is 126 Å². The summed E-state index contributed by atoms with van der Waals surface area (Å²) in [7, 11) is 1.87. The fourth-order valence-corrected chi connectivity index (χ4v) is 2.78. The number of piperidine rings is 1. The summed E-state index contributed by atoms with van der Waals surface area (Å²) < 4.78 is 7.45. The summed E-state index contributed by atoms with van der Waals surface area (Å²) in [4.78, 5) is 14.2. The second kappa shape index (κ2) is 5.67. The molecule has 1 aromatic heterocycles. The van der Waals surface area contributed by atoms with Gasteiger partial charge < -0.3 is 15.4 Å². The van der Waals surface area contributed by atoms with Crippen molar-refractivity contribution < 1.29 is 9.53 Å². The van der Waals surface area contributed by atoms with Crippen molar-refractivity contribution in [1.82, 2.24) is 14.7 Å². The Kier molecular flexibility index (Phi) is 4.27. The van der Waals surface area contributed by atoms with Crippen LogP contribution in [0.3, 0.4) is 0 Å². The Morgan fingerprint density at radius 2 is 2.14 bits per heavy atom. The number of ether oxygens (including phenoxy) is 1. The molecule has 0 saturated carbocycles. The smallest absolute Gasteiger partial charge is 0.260 e. The molecule has 118 valence electrons. The molecule has 0 bridgehead atoms. The minimum Gasteiger partial charge on any atom is -0.480 e. The predicted molar refractivity (Wildman–Crippen MR) is 81.1 cm³/mol. The Morgan fingerprint density at radius 3 is 2.67 bits per heavy atom. The zero-order chi connectivity index (χ0) is 15.8. The zero-order valence-electron chi connectivity index (χ0n) is 13.6. The molecule has 0 radical (unpaired) electrons. The number of amides is 1. The van der Waals surface area contributed by atoms with Crippen LogP contribution in [0, 0.1) is 19.3 Å². The first kappa shape index (κ1) is 15.8. The van der Waals surface area contributed by atoms with Gasteiger partial charge >= 0.3 is 0 Å². The summed E-state index contributed by atoms with van der Waals surface area (Å²) in [6, 6.07) is 0.144. The molecule has 0 aromatic carbocycles. The molecule has 1 aliphatic heterocycles. The largest absolute Gasteiger partial charge is 0.480 e. The number of rotatable bonds is 3. The van der Waals surface area contributed by atoms with E-state index in [2.05, 4.69) is 18.9 Å². The van der Waals surface area contributed by atoms with Gasteiger partial charge in [0.05, 0.1) is 5.69 Å². The molecule has 1 atom stereocenters. The lowest BCUT2D eigenvalue weighted by molar-refractivity contribution is -0.136. The third-order valence-corrected chi connectivity index (χ3v) is 4.45. The van der Waals surface area contributed by atoms with Crippen molar-refractivity contribution >= 4 is 5.91 Å². The lowest BCUT2D eigenvalue weighted by atomic mass is 9.80. The average Bonchev–Trinajstić information content (AvgIpc) is 2.64. The van der Waals surface area contributed by atoms with Crippen molar-refractivity contribution in [2.45, 2.75) is 40.2 Å². The average molecular weight is 294 g/mol. The van der Waals surface area contributed by atoms with Crippen molar-refractivity contribution in [1.29, 1.82) is 0 Å². The molecule has 6 heteroatoms. The third kappa shape index (κ3) is 3.20. The number of aryl methyl sites for hydroxylation is 2. The van der Waals surface area contributed by atoms with Gasteiger partial charge in [-0.3, -0.25) is 9.48 Å². The maximum Gasteiger partial charge on any atom is 0.260 e. The lowest BCUT2D eigenvalue weighted by Crippen LogP contribution is -2.54. The highest BCUT2D eigenvalue weighted by Gasteiger charge is 2.35. The Morgan fingerprint density at radius 1 is 1.48 bits per heavy atom. The summed E-state index contributed by atoms with van der Waals surface area (Å²) >= 11 is 0. The van der Waals surface area contributed by atoms with Crippen LogP contribution in [0.4, 0.5) is 0 Å². The molecule has 0 spiro atoms. The molecule has 6 nitrogen and oxygen atoms in total. The molecule has 21 heavy (non-hydrogen) atoms. The first-order valence-electron chi connectivity index (χ1n) is 7.38. The second-order valence-electron chi connectivity index (χ2n) is 6.61. The highest BCUT2D eigenvalue weighted by molar-refractivity contribution is 5.78. The van der Waals surface area contributed by atoms with E-state index in [1.165, 1.54) is 0 Å². The number of nitrogens with two attached hydrogens (primary N) is 1. The van der Waals surface area contributed by atoms with Gasteiger partial charge in [-0.2, -0.15) is 5.10 Å². The maximum absolute atomic E-state index is 12.3. The van der Waals surface area contributed by atoms with Crippen LogP contribution >= 0.6 is 0 Å². The van der Waals surface area contributed by atoms with Crippen molar-refractivity contribution in [3.8, 4) is 5.75 Å². The fraction of sp³-hybridized carbons (Fsp3) is 0.733. The van der Waals surface area contributed by atoms with Gasteiger partial charge in [0.15, 0.2) is 12.4 Å². The normalized spacial score (nSPS) is 21.4. The van der Waals surface area contributed by atoms with Gasteiger partial charge in [0, 0.05) is 26.2 Å². The van der Waals surface area contributed by atoms with Gasteiger partial charge in [0.25, 0.3) is 5.91 Å². The van der Waals surface area contributed by atoms with E-state index in [0.29, 0.717) is 18.8 Å².